The Morgan fingerprint density at radius 3 is 2.50 bits per heavy atom. The van der Waals surface area contributed by atoms with Crippen LogP contribution in [0.15, 0.2) is 34.7 Å². The molecule has 1 aromatic heterocycles. The monoisotopic (exact) mass is 292 g/mol. The van der Waals surface area contributed by atoms with Crippen LogP contribution in [0.4, 0.5) is 0 Å². The molecule has 0 radical (unpaired) electrons. The van der Waals surface area contributed by atoms with Crippen LogP contribution in [0.3, 0.4) is 0 Å². The summed E-state index contributed by atoms with van der Waals surface area (Å²) < 4.78 is 5.46. The van der Waals surface area contributed by atoms with Gasteiger partial charge >= 0.3 is 0 Å². The number of benzene rings is 1. The lowest BCUT2D eigenvalue weighted by Gasteiger charge is -2.15. The predicted molar refractivity (Wildman–Crippen MR) is 78.4 cm³/mol. The molecule has 5 heteroatoms. The van der Waals surface area contributed by atoms with Crippen LogP contribution in [-0.4, -0.2) is 5.91 Å². The lowest BCUT2D eigenvalue weighted by Crippen LogP contribution is -2.33. The molecule has 20 heavy (non-hydrogen) atoms. The zero-order valence-corrected chi connectivity index (χ0v) is 12.2. The van der Waals surface area contributed by atoms with Crippen molar-refractivity contribution in [3.05, 3.63) is 58.0 Å². The Morgan fingerprint density at radius 2 is 2.00 bits per heavy atom. The zero-order valence-electron chi connectivity index (χ0n) is 11.4. The van der Waals surface area contributed by atoms with Gasteiger partial charge in [-0.25, -0.2) is 0 Å². The molecule has 0 aliphatic carbocycles. The summed E-state index contributed by atoms with van der Waals surface area (Å²) in [6.45, 7) is 4.30. The van der Waals surface area contributed by atoms with Crippen LogP contribution in [0.2, 0.25) is 5.02 Å². The number of nitrogens with one attached hydrogen (secondary N) is 1. The van der Waals surface area contributed by atoms with E-state index in [1.807, 2.05) is 19.9 Å². The highest BCUT2D eigenvalue weighted by atomic mass is 35.5. The van der Waals surface area contributed by atoms with Gasteiger partial charge in [-0.1, -0.05) is 23.7 Å². The van der Waals surface area contributed by atoms with E-state index in [-0.39, 0.29) is 0 Å². The third kappa shape index (κ3) is 3.40. The number of aryl methyl sites for hydroxylation is 2. The fourth-order valence-corrected chi connectivity index (χ4v) is 2.23. The first-order chi connectivity index (χ1) is 9.47. The molecule has 0 aliphatic rings. The summed E-state index contributed by atoms with van der Waals surface area (Å²) in [5, 5.41) is 3.77. The molecular weight excluding hydrogens is 276 g/mol. The van der Waals surface area contributed by atoms with Gasteiger partial charge in [-0.3, -0.25) is 10.1 Å². The van der Waals surface area contributed by atoms with Crippen molar-refractivity contribution >= 4 is 17.5 Å². The van der Waals surface area contributed by atoms with Gasteiger partial charge in [-0.05, 0) is 37.6 Å². The van der Waals surface area contributed by atoms with Crippen molar-refractivity contribution in [2.24, 2.45) is 5.73 Å². The molecule has 1 heterocycles. The van der Waals surface area contributed by atoms with Gasteiger partial charge in [0.1, 0.15) is 17.6 Å². The van der Waals surface area contributed by atoms with Crippen molar-refractivity contribution in [1.82, 2.24) is 5.32 Å². The van der Waals surface area contributed by atoms with Crippen LogP contribution in [0.1, 0.15) is 28.7 Å². The number of halogens is 1. The van der Waals surface area contributed by atoms with Crippen LogP contribution in [0.5, 0.6) is 0 Å². The first kappa shape index (κ1) is 14.6. The molecule has 0 saturated heterocycles. The van der Waals surface area contributed by atoms with Gasteiger partial charge < -0.3 is 10.2 Å². The van der Waals surface area contributed by atoms with Crippen LogP contribution < -0.4 is 11.1 Å². The molecular formula is C15H17ClN2O2. The smallest absolute Gasteiger partial charge is 0.239 e. The minimum Gasteiger partial charge on any atom is -0.466 e. The zero-order chi connectivity index (χ0) is 14.7. The highest BCUT2D eigenvalue weighted by Gasteiger charge is 2.18. The van der Waals surface area contributed by atoms with Crippen molar-refractivity contribution in [3.63, 3.8) is 0 Å². The molecule has 1 atom stereocenters. The van der Waals surface area contributed by atoms with Gasteiger partial charge in [0.15, 0.2) is 0 Å². The fraction of sp³-hybridized carbons (Fsp3) is 0.267. The second-order valence-corrected chi connectivity index (χ2v) is 5.14. The minimum atomic E-state index is -0.554. The summed E-state index contributed by atoms with van der Waals surface area (Å²) in [5.41, 5.74) is 7.26. The molecule has 4 nitrogen and oxygen atoms in total. The first-order valence-corrected chi connectivity index (χ1v) is 6.69. The predicted octanol–water partition coefficient (Wildman–Crippen LogP) is 2.87. The van der Waals surface area contributed by atoms with Gasteiger partial charge in [0, 0.05) is 17.1 Å². The van der Waals surface area contributed by atoms with Gasteiger partial charge in [0.05, 0.1) is 0 Å². The molecule has 2 aromatic rings. The summed E-state index contributed by atoms with van der Waals surface area (Å²) in [6, 6.07) is 8.45. The standard InChI is InChI=1S/C15H17ClN2O2/c1-9-7-12(10(2)20-9)8-18-14(15(17)19)11-3-5-13(16)6-4-11/h3-7,14,18H,8H2,1-2H3,(H2,17,19). The van der Waals surface area contributed by atoms with Crippen LogP contribution in [0, 0.1) is 13.8 Å². The molecule has 1 unspecified atom stereocenters. The molecule has 1 amide bonds. The molecule has 0 bridgehead atoms. The first-order valence-electron chi connectivity index (χ1n) is 6.31. The van der Waals surface area contributed by atoms with E-state index in [1.165, 1.54) is 0 Å². The quantitative estimate of drug-likeness (QED) is 0.890. The summed E-state index contributed by atoms with van der Waals surface area (Å²) in [5.74, 6) is 1.26. The van der Waals surface area contributed by atoms with Crippen molar-refractivity contribution in [1.29, 1.82) is 0 Å². The van der Waals surface area contributed by atoms with Crippen molar-refractivity contribution in [2.75, 3.05) is 0 Å². The number of primary amides is 1. The second-order valence-electron chi connectivity index (χ2n) is 4.71. The third-order valence-corrected chi connectivity index (χ3v) is 3.38. The molecule has 106 valence electrons. The normalized spacial score (nSPS) is 12.3. The van der Waals surface area contributed by atoms with E-state index in [4.69, 9.17) is 21.8 Å². The van der Waals surface area contributed by atoms with E-state index in [9.17, 15) is 4.79 Å². The second kappa shape index (κ2) is 6.11. The highest BCUT2D eigenvalue weighted by Crippen LogP contribution is 2.19. The Kier molecular flexibility index (Phi) is 4.47. The number of hydrogen-bond donors (Lipinski definition) is 2. The maximum atomic E-state index is 11.6. The van der Waals surface area contributed by atoms with E-state index in [0.29, 0.717) is 11.6 Å². The number of rotatable bonds is 5. The third-order valence-electron chi connectivity index (χ3n) is 3.13. The van der Waals surface area contributed by atoms with E-state index in [1.54, 1.807) is 24.3 Å². The maximum Gasteiger partial charge on any atom is 0.239 e. The minimum absolute atomic E-state index is 0.426. The van der Waals surface area contributed by atoms with Crippen LogP contribution in [-0.2, 0) is 11.3 Å². The average Bonchev–Trinajstić information content (AvgIpc) is 2.70. The van der Waals surface area contributed by atoms with E-state index in [2.05, 4.69) is 5.32 Å². The van der Waals surface area contributed by atoms with E-state index < -0.39 is 11.9 Å². The van der Waals surface area contributed by atoms with Gasteiger partial charge in [0.2, 0.25) is 5.91 Å². The summed E-state index contributed by atoms with van der Waals surface area (Å²) in [6.07, 6.45) is 0. The molecule has 2 rings (SSSR count). The molecule has 3 N–H and O–H groups in total. The van der Waals surface area contributed by atoms with Crippen molar-refractivity contribution < 1.29 is 9.21 Å². The Labute approximate surface area is 122 Å². The summed E-state index contributed by atoms with van der Waals surface area (Å²) >= 11 is 5.84. The van der Waals surface area contributed by atoms with E-state index in [0.717, 1.165) is 22.6 Å². The lowest BCUT2D eigenvalue weighted by molar-refractivity contribution is -0.120. The van der Waals surface area contributed by atoms with Crippen LogP contribution >= 0.6 is 11.6 Å². The lowest BCUT2D eigenvalue weighted by atomic mass is 10.1. The number of amides is 1. The highest BCUT2D eigenvalue weighted by molar-refractivity contribution is 6.30. The Hall–Kier alpha value is -1.78. The molecule has 0 fully saturated rings. The molecule has 0 saturated carbocycles. The number of nitrogens with two attached hydrogens (primary N) is 1. The molecule has 1 aromatic carbocycles. The average molecular weight is 293 g/mol. The van der Waals surface area contributed by atoms with E-state index >= 15 is 0 Å². The van der Waals surface area contributed by atoms with Gasteiger partial charge in [-0.2, -0.15) is 0 Å². The number of carbonyl (C=O) groups excluding carboxylic acids is 1. The molecule has 0 spiro atoms. The fourth-order valence-electron chi connectivity index (χ4n) is 2.11. The topological polar surface area (TPSA) is 68.3 Å². The van der Waals surface area contributed by atoms with Gasteiger partial charge in [-0.15, -0.1) is 0 Å². The number of hydrogen-bond acceptors (Lipinski definition) is 3. The van der Waals surface area contributed by atoms with Crippen molar-refractivity contribution in [2.45, 2.75) is 26.4 Å². The van der Waals surface area contributed by atoms with Gasteiger partial charge in [0.25, 0.3) is 0 Å². The number of furan rings is 1. The summed E-state index contributed by atoms with van der Waals surface area (Å²) in [4.78, 5) is 11.6. The van der Waals surface area contributed by atoms with Crippen LogP contribution in [0.25, 0.3) is 0 Å². The van der Waals surface area contributed by atoms with Crippen molar-refractivity contribution in [3.8, 4) is 0 Å². The Bertz CT molecular complexity index is 605. The maximum absolute atomic E-state index is 11.6. The largest absolute Gasteiger partial charge is 0.466 e. The SMILES string of the molecule is Cc1cc(CNC(C(N)=O)c2ccc(Cl)cc2)c(C)o1. The Morgan fingerprint density at radius 1 is 1.35 bits per heavy atom. The number of carbonyl (C=O) groups is 1. The Balaban J connectivity index is 2.12. The molecule has 0 aliphatic heterocycles. The summed E-state index contributed by atoms with van der Waals surface area (Å²) in [7, 11) is 0.